The second-order valence-electron chi connectivity index (χ2n) is 5.92. The highest BCUT2D eigenvalue weighted by Gasteiger charge is 2.09. The Labute approximate surface area is 145 Å². The molecule has 1 aromatic carbocycles. The average molecular weight is 332 g/mol. The van der Waals surface area contributed by atoms with Gasteiger partial charge in [0.15, 0.2) is 0 Å². The summed E-state index contributed by atoms with van der Waals surface area (Å²) in [5.41, 5.74) is 2.63. The van der Waals surface area contributed by atoms with E-state index in [1.54, 1.807) is 14.0 Å². The third-order valence-electron chi connectivity index (χ3n) is 3.18. The van der Waals surface area contributed by atoms with E-state index in [4.69, 9.17) is 14.2 Å². The first kappa shape index (κ1) is 20.0. The van der Waals surface area contributed by atoms with Crippen molar-refractivity contribution in [2.45, 2.75) is 34.3 Å². The number of carbonyl (C=O) groups is 1. The summed E-state index contributed by atoms with van der Waals surface area (Å²) in [6.45, 7) is 9.15. The van der Waals surface area contributed by atoms with Gasteiger partial charge in [-0.15, -0.1) is 0 Å². The molecule has 0 aromatic heterocycles. The first-order valence-corrected chi connectivity index (χ1v) is 8.23. The number of benzene rings is 1. The Kier molecular flexibility index (Phi) is 8.87. The predicted octanol–water partition coefficient (Wildman–Crippen LogP) is 4.30. The fraction of sp³-hybridized carbons (Fsp3) is 0.450. The van der Waals surface area contributed by atoms with Crippen LogP contribution in [0.25, 0.3) is 0 Å². The van der Waals surface area contributed by atoms with Gasteiger partial charge in [-0.3, -0.25) is 0 Å². The Morgan fingerprint density at radius 3 is 2.42 bits per heavy atom. The molecule has 0 saturated heterocycles. The van der Waals surface area contributed by atoms with E-state index >= 15 is 0 Å². The summed E-state index contributed by atoms with van der Waals surface area (Å²) in [4.78, 5) is 12.0. The lowest BCUT2D eigenvalue weighted by Gasteiger charge is -2.08. The summed E-state index contributed by atoms with van der Waals surface area (Å²) < 4.78 is 15.9. The van der Waals surface area contributed by atoms with Crippen LogP contribution in [0.3, 0.4) is 0 Å². The van der Waals surface area contributed by atoms with Gasteiger partial charge in [-0.1, -0.05) is 32.1 Å². The van der Waals surface area contributed by atoms with Crippen LogP contribution >= 0.6 is 0 Å². The van der Waals surface area contributed by atoms with Crippen molar-refractivity contribution in [3.05, 3.63) is 53.1 Å². The van der Waals surface area contributed by atoms with Crippen molar-refractivity contribution < 1.29 is 19.0 Å². The third kappa shape index (κ3) is 7.47. The molecule has 0 spiro atoms. The Morgan fingerprint density at radius 1 is 1.21 bits per heavy atom. The number of rotatable bonds is 9. The first-order chi connectivity index (χ1) is 11.5. The molecule has 4 nitrogen and oxygen atoms in total. The van der Waals surface area contributed by atoms with Crippen molar-refractivity contribution in [3.8, 4) is 5.75 Å². The molecule has 0 saturated carbocycles. The number of hydrogen-bond donors (Lipinski definition) is 0. The fourth-order valence-corrected chi connectivity index (χ4v) is 2.11. The second-order valence-corrected chi connectivity index (χ2v) is 5.92. The molecule has 0 amide bonds. The summed E-state index contributed by atoms with van der Waals surface area (Å²) in [5.74, 6) is 0.808. The van der Waals surface area contributed by atoms with Crippen LogP contribution in [0.4, 0.5) is 0 Å². The van der Waals surface area contributed by atoms with E-state index in [2.05, 4.69) is 0 Å². The Balaban J connectivity index is 2.60. The van der Waals surface area contributed by atoms with Gasteiger partial charge in [-0.2, -0.15) is 0 Å². The van der Waals surface area contributed by atoms with Gasteiger partial charge in [0.25, 0.3) is 0 Å². The van der Waals surface area contributed by atoms with Crippen LogP contribution in [0.5, 0.6) is 5.75 Å². The second kappa shape index (κ2) is 10.7. The minimum Gasteiger partial charge on any atom is -0.497 e. The minimum absolute atomic E-state index is 0.272. The van der Waals surface area contributed by atoms with Crippen molar-refractivity contribution in [2.24, 2.45) is 5.92 Å². The maximum absolute atomic E-state index is 12.0. The topological polar surface area (TPSA) is 44.8 Å². The van der Waals surface area contributed by atoms with Gasteiger partial charge in [0.1, 0.15) is 5.75 Å². The maximum atomic E-state index is 12.0. The lowest BCUT2D eigenvalue weighted by atomic mass is 10.1. The van der Waals surface area contributed by atoms with Gasteiger partial charge in [0, 0.05) is 0 Å². The lowest BCUT2D eigenvalue weighted by molar-refractivity contribution is -0.138. The van der Waals surface area contributed by atoms with Crippen LogP contribution in [-0.4, -0.2) is 26.3 Å². The van der Waals surface area contributed by atoms with Gasteiger partial charge in [0.2, 0.25) is 0 Å². The first-order valence-electron chi connectivity index (χ1n) is 8.23. The van der Waals surface area contributed by atoms with Gasteiger partial charge < -0.3 is 14.2 Å². The van der Waals surface area contributed by atoms with Crippen molar-refractivity contribution >= 4 is 5.97 Å². The summed E-state index contributed by atoms with van der Waals surface area (Å²) in [5, 5.41) is 0. The van der Waals surface area contributed by atoms with Crippen LogP contribution in [0.15, 0.2) is 47.6 Å². The zero-order chi connectivity index (χ0) is 17.9. The zero-order valence-electron chi connectivity index (χ0n) is 15.3. The molecule has 0 aliphatic carbocycles. The van der Waals surface area contributed by atoms with E-state index in [0.29, 0.717) is 25.4 Å². The maximum Gasteiger partial charge on any atom is 0.337 e. The predicted molar refractivity (Wildman–Crippen MR) is 96.0 cm³/mol. The molecule has 0 bridgehead atoms. The van der Waals surface area contributed by atoms with Gasteiger partial charge in [-0.25, -0.2) is 4.79 Å². The molecule has 0 aliphatic heterocycles. The molecule has 1 aromatic rings. The fourth-order valence-electron chi connectivity index (χ4n) is 2.11. The van der Waals surface area contributed by atoms with Crippen LogP contribution in [0.1, 0.15) is 33.3 Å². The number of ether oxygens (including phenoxy) is 3. The van der Waals surface area contributed by atoms with Crippen LogP contribution < -0.4 is 4.74 Å². The van der Waals surface area contributed by atoms with Gasteiger partial charge in [0.05, 0.1) is 32.5 Å². The van der Waals surface area contributed by atoms with Crippen molar-refractivity contribution in [1.82, 2.24) is 0 Å². The molecular weight excluding hydrogens is 304 g/mol. The molecule has 0 fully saturated rings. The van der Waals surface area contributed by atoms with E-state index in [-0.39, 0.29) is 11.9 Å². The van der Waals surface area contributed by atoms with Crippen molar-refractivity contribution in [1.29, 1.82) is 0 Å². The zero-order valence-corrected chi connectivity index (χ0v) is 15.3. The highest BCUT2D eigenvalue weighted by Crippen LogP contribution is 2.13. The summed E-state index contributed by atoms with van der Waals surface area (Å²) >= 11 is 0. The Hall–Kier alpha value is -2.07. The molecule has 0 aliphatic rings. The normalized spacial score (nSPS) is 12.4. The van der Waals surface area contributed by atoms with Crippen LogP contribution in [0, 0.1) is 5.92 Å². The Bertz CT molecular complexity index is 568. The molecule has 0 heterocycles. The SMILES string of the molecule is CCOC(=O)C(=C\C(C)C)/C=C(\C)COCc1ccc(OC)cc1. The Morgan fingerprint density at radius 2 is 1.88 bits per heavy atom. The molecular formula is C20H28O4. The molecule has 132 valence electrons. The molecule has 24 heavy (non-hydrogen) atoms. The average Bonchev–Trinajstić information content (AvgIpc) is 2.54. The summed E-state index contributed by atoms with van der Waals surface area (Å²) in [7, 11) is 1.64. The highest BCUT2D eigenvalue weighted by molar-refractivity contribution is 5.91. The highest BCUT2D eigenvalue weighted by atomic mass is 16.5. The number of allylic oxidation sites excluding steroid dienone is 1. The van der Waals surface area contributed by atoms with Crippen molar-refractivity contribution in [2.75, 3.05) is 20.3 Å². The summed E-state index contributed by atoms with van der Waals surface area (Å²) in [6, 6.07) is 7.76. The number of esters is 1. The smallest absolute Gasteiger partial charge is 0.337 e. The largest absolute Gasteiger partial charge is 0.497 e. The standard InChI is InChI=1S/C20H28O4/c1-6-24-20(21)18(11-15(2)3)12-16(4)13-23-14-17-7-9-19(22-5)10-8-17/h7-12,15H,6,13-14H2,1-5H3/b16-12+,18-11-. The van der Waals surface area contributed by atoms with E-state index in [1.165, 1.54) is 0 Å². The summed E-state index contributed by atoms with van der Waals surface area (Å²) in [6.07, 6.45) is 3.75. The van der Waals surface area contributed by atoms with Crippen molar-refractivity contribution in [3.63, 3.8) is 0 Å². The number of methoxy groups -OCH3 is 1. The number of carbonyl (C=O) groups excluding carboxylic acids is 1. The quantitative estimate of drug-likeness (QED) is 0.384. The van der Waals surface area contributed by atoms with E-state index in [0.717, 1.165) is 16.9 Å². The third-order valence-corrected chi connectivity index (χ3v) is 3.18. The molecule has 0 atom stereocenters. The molecule has 0 unspecified atom stereocenters. The minimum atomic E-state index is -0.291. The van der Waals surface area contributed by atoms with E-state index < -0.39 is 0 Å². The monoisotopic (exact) mass is 332 g/mol. The van der Waals surface area contributed by atoms with Gasteiger partial charge in [-0.05, 0) is 49.1 Å². The van der Waals surface area contributed by atoms with Crippen LogP contribution in [0.2, 0.25) is 0 Å². The molecule has 0 radical (unpaired) electrons. The molecule has 4 heteroatoms. The number of hydrogen-bond acceptors (Lipinski definition) is 4. The molecule has 1 rings (SSSR count). The lowest BCUT2D eigenvalue weighted by Crippen LogP contribution is -2.08. The van der Waals surface area contributed by atoms with Crippen LogP contribution in [-0.2, 0) is 20.9 Å². The van der Waals surface area contributed by atoms with E-state index in [1.807, 2.05) is 57.2 Å². The van der Waals surface area contributed by atoms with Gasteiger partial charge >= 0.3 is 5.97 Å². The van der Waals surface area contributed by atoms with E-state index in [9.17, 15) is 4.79 Å². The molecule has 0 N–H and O–H groups in total.